The van der Waals surface area contributed by atoms with E-state index < -0.39 is 32.7 Å². The molecule has 0 fully saturated rings. The molecular weight excluding hydrogens is 976 g/mol. The first-order chi connectivity index (χ1) is 37.4. The van der Waals surface area contributed by atoms with Gasteiger partial charge in [0.1, 0.15) is 19.3 Å². The van der Waals surface area contributed by atoms with Crippen LogP contribution in [0.4, 0.5) is 0 Å². The molecule has 10 heteroatoms. The average molecular weight is 1100 g/mol. The van der Waals surface area contributed by atoms with E-state index in [2.05, 4.69) is 129 Å². The van der Waals surface area contributed by atoms with Gasteiger partial charge in [0.2, 0.25) is 5.91 Å². The van der Waals surface area contributed by atoms with Crippen LogP contribution in [0.1, 0.15) is 251 Å². The Kier molecular flexibility index (Phi) is 54.3. The van der Waals surface area contributed by atoms with Crippen molar-refractivity contribution in [1.82, 2.24) is 5.32 Å². The zero-order chi connectivity index (χ0) is 56.4. The Hall–Kier alpha value is -2.88. The minimum Gasteiger partial charge on any atom is -0.756 e. The van der Waals surface area contributed by atoms with Crippen molar-refractivity contribution in [3.05, 3.63) is 109 Å². The zero-order valence-electron chi connectivity index (χ0n) is 50.2. The molecule has 0 rings (SSSR count). The molecule has 0 saturated carbocycles. The number of aliphatic hydroxyl groups excluding tert-OH is 2. The van der Waals surface area contributed by atoms with Gasteiger partial charge in [-0.2, -0.15) is 0 Å². The Morgan fingerprint density at radius 1 is 0.481 bits per heavy atom. The maximum Gasteiger partial charge on any atom is 0.268 e. The van der Waals surface area contributed by atoms with Crippen LogP contribution in [-0.4, -0.2) is 79.8 Å². The molecular formula is C67H119N2O7P. The number of unbranched alkanes of at least 4 members (excludes halogenated alkanes) is 24. The van der Waals surface area contributed by atoms with Crippen LogP contribution in [0.25, 0.3) is 0 Å². The number of hydrogen-bond donors (Lipinski definition) is 3. The second kappa shape index (κ2) is 56.4. The van der Waals surface area contributed by atoms with Crippen LogP contribution < -0.4 is 10.2 Å². The monoisotopic (exact) mass is 1090 g/mol. The Morgan fingerprint density at radius 2 is 0.818 bits per heavy atom. The molecule has 0 heterocycles. The van der Waals surface area contributed by atoms with Gasteiger partial charge in [0.15, 0.2) is 0 Å². The van der Waals surface area contributed by atoms with Gasteiger partial charge in [-0.05, 0) is 103 Å². The molecule has 0 aliphatic heterocycles. The van der Waals surface area contributed by atoms with Crippen LogP contribution >= 0.6 is 7.82 Å². The third kappa shape index (κ3) is 57.6. The van der Waals surface area contributed by atoms with Gasteiger partial charge in [-0.1, -0.05) is 252 Å². The van der Waals surface area contributed by atoms with Crippen LogP contribution in [0.5, 0.6) is 0 Å². The Bertz CT molecular complexity index is 1640. The SMILES string of the molecule is CC/C=C\C/C=C\C/C=C\C/C=C\C/C=C\C/C=C\C/C=C\C/C=C\CCCCCCCCCCCCCCCCCCC(=O)NC(COP(=O)([O-])OCC[N+](C)(C)C)C(O)C(O)CCC/C=C/CCCCCCCCC. The summed E-state index contributed by atoms with van der Waals surface area (Å²) >= 11 is 0. The van der Waals surface area contributed by atoms with Gasteiger partial charge in [0.05, 0.1) is 39.9 Å². The van der Waals surface area contributed by atoms with Gasteiger partial charge in [-0.3, -0.25) is 9.36 Å². The number of allylic oxidation sites excluding steroid dienone is 18. The topological polar surface area (TPSA) is 128 Å². The summed E-state index contributed by atoms with van der Waals surface area (Å²) in [6.45, 7) is 4.29. The first kappa shape index (κ1) is 74.1. The van der Waals surface area contributed by atoms with E-state index >= 15 is 0 Å². The van der Waals surface area contributed by atoms with E-state index in [1.165, 1.54) is 128 Å². The zero-order valence-corrected chi connectivity index (χ0v) is 51.1. The summed E-state index contributed by atoms with van der Waals surface area (Å²) in [4.78, 5) is 25.5. The first-order valence-electron chi connectivity index (χ1n) is 31.3. The van der Waals surface area contributed by atoms with Gasteiger partial charge in [-0.15, -0.1) is 0 Å². The van der Waals surface area contributed by atoms with Crippen LogP contribution in [0, 0.1) is 0 Å². The predicted octanol–water partition coefficient (Wildman–Crippen LogP) is 17.9. The quantitative estimate of drug-likeness (QED) is 0.0239. The normalized spacial score (nSPS) is 15.0. The lowest BCUT2D eigenvalue weighted by molar-refractivity contribution is -0.870. The highest BCUT2D eigenvalue weighted by Gasteiger charge is 2.29. The molecule has 0 aromatic rings. The summed E-state index contributed by atoms with van der Waals surface area (Å²) < 4.78 is 23.3. The van der Waals surface area contributed by atoms with E-state index in [-0.39, 0.29) is 18.9 Å². The molecule has 0 bridgehead atoms. The summed E-state index contributed by atoms with van der Waals surface area (Å²) in [5, 5.41) is 24.7. The molecule has 3 N–H and O–H groups in total. The molecule has 444 valence electrons. The van der Waals surface area contributed by atoms with Gasteiger partial charge >= 0.3 is 0 Å². The highest BCUT2D eigenvalue weighted by Crippen LogP contribution is 2.38. The first-order valence-corrected chi connectivity index (χ1v) is 32.8. The predicted molar refractivity (Wildman–Crippen MR) is 331 cm³/mol. The van der Waals surface area contributed by atoms with Crippen molar-refractivity contribution in [1.29, 1.82) is 0 Å². The van der Waals surface area contributed by atoms with Crippen LogP contribution in [0.15, 0.2) is 109 Å². The molecule has 0 aliphatic carbocycles. The molecule has 0 aromatic heterocycles. The molecule has 1 amide bonds. The molecule has 77 heavy (non-hydrogen) atoms. The van der Waals surface area contributed by atoms with E-state index in [0.29, 0.717) is 30.3 Å². The number of quaternary nitrogens is 1. The number of carbonyl (C=O) groups excluding carboxylic acids is 1. The summed E-state index contributed by atoms with van der Waals surface area (Å²) in [5.74, 6) is -0.291. The van der Waals surface area contributed by atoms with E-state index in [4.69, 9.17) is 9.05 Å². The van der Waals surface area contributed by atoms with Crippen molar-refractivity contribution >= 4 is 13.7 Å². The molecule has 4 atom stereocenters. The number of hydrogen-bond acceptors (Lipinski definition) is 7. The number of amides is 1. The highest BCUT2D eigenvalue weighted by molar-refractivity contribution is 7.45. The molecule has 4 unspecified atom stereocenters. The van der Waals surface area contributed by atoms with Crippen LogP contribution in [-0.2, 0) is 18.4 Å². The van der Waals surface area contributed by atoms with Crippen molar-refractivity contribution in [2.45, 2.75) is 270 Å². The van der Waals surface area contributed by atoms with Gasteiger partial charge in [0.25, 0.3) is 7.82 Å². The van der Waals surface area contributed by atoms with E-state index in [1.807, 2.05) is 21.1 Å². The van der Waals surface area contributed by atoms with Crippen molar-refractivity contribution in [3.8, 4) is 0 Å². The van der Waals surface area contributed by atoms with E-state index in [9.17, 15) is 24.5 Å². The molecule has 0 spiro atoms. The highest BCUT2D eigenvalue weighted by atomic mass is 31.2. The second-order valence-electron chi connectivity index (χ2n) is 22.2. The largest absolute Gasteiger partial charge is 0.756 e. The lowest BCUT2D eigenvalue weighted by atomic mass is 10.0. The molecule has 9 nitrogen and oxygen atoms in total. The number of phosphoric acid groups is 1. The van der Waals surface area contributed by atoms with Gasteiger partial charge < -0.3 is 34.0 Å². The molecule has 0 radical (unpaired) electrons. The third-order valence-corrected chi connectivity index (χ3v) is 14.6. The number of phosphoric ester groups is 1. The third-order valence-electron chi connectivity index (χ3n) is 13.6. The van der Waals surface area contributed by atoms with Crippen molar-refractivity contribution in [2.75, 3.05) is 40.9 Å². The fraction of sp³-hybridized carbons (Fsp3) is 0.716. The standard InChI is InChI=1S/C67H119N2O7P/c1-6-8-10-12-14-16-18-20-21-22-23-24-25-26-27-28-29-30-31-32-33-34-35-36-37-38-39-40-41-42-43-44-45-46-47-48-50-52-54-56-58-60-66(71)68-64(63-76-77(73,74)75-62-61-69(3,4)5)67(72)65(70)59-57-55-53-51-49-19-17-15-13-11-9-7-2/h8,10,14,16,20-21,23-24,26-27,29-30,32-33,35-36,51,53,64-65,67,70,72H,6-7,9,11-13,15,17-19,22,25,28,31,34,37-50,52,54-63H2,1-5H3,(H-,68,71,73,74)/b10-8-,16-14-,21-20-,24-23-,27-26-,30-29-,33-32-,36-35-,53-51+. The average Bonchev–Trinajstić information content (AvgIpc) is 3.39. The maximum atomic E-state index is 13.0. The Balaban J connectivity index is 4.03. The Morgan fingerprint density at radius 3 is 1.21 bits per heavy atom. The van der Waals surface area contributed by atoms with Crippen LogP contribution in [0.2, 0.25) is 0 Å². The minimum absolute atomic E-state index is 0.0490. The number of nitrogens with zero attached hydrogens (tertiary/aromatic N) is 1. The van der Waals surface area contributed by atoms with E-state index in [0.717, 1.165) is 83.5 Å². The number of carbonyl (C=O) groups is 1. The number of likely N-dealkylation sites (N-methyl/N-ethyl adjacent to an activating group) is 1. The smallest absolute Gasteiger partial charge is 0.268 e. The van der Waals surface area contributed by atoms with Crippen molar-refractivity contribution in [2.24, 2.45) is 0 Å². The maximum absolute atomic E-state index is 13.0. The number of aliphatic hydroxyl groups is 2. The summed E-state index contributed by atoms with van der Waals surface area (Å²) in [6, 6.07) is -1.09. The number of rotatable bonds is 56. The fourth-order valence-corrected chi connectivity index (χ4v) is 9.41. The minimum atomic E-state index is -4.68. The summed E-state index contributed by atoms with van der Waals surface area (Å²) in [5.41, 5.74) is 0. The molecule has 0 saturated heterocycles. The number of nitrogens with one attached hydrogen (secondary N) is 1. The van der Waals surface area contributed by atoms with E-state index in [1.54, 1.807) is 0 Å². The summed E-state index contributed by atoms with van der Waals surface area (Å²) in [6.07, 6.45) is 78.9. The second-order valence-corrected chi connectivity index (χ2v) is 23.6. The van der Waals surface area contributed by atoms with Crippen LogP contribution in [0.3, 0.4) is 0 Å². The van der Waals surface area contributed by atoms with Crippen molar-refractivity contribution < 1.29 is 38.0 Å². The summed E-state index contributed by atoms with van der Waals surface area (Å²) in [7, 11) is 1.10. The van der Waals surface area contributed by atoms with Gasteiger partial charge in [0, 0.05) is 6.42 Å². The molecule has 0 aliphatic rings. The molecule has 0 aromatic carbocycles. The lowest BCUT2D eigenvalue weighted by Crippen LogP contribution is -2.51. The van der Waals surface area contributed by atoms with Gasteiger partial charge in [-0.25, -0.2) is 0 Å². The fourth-order valence-electron chi connectivity index (χ4n) is 8.68. The van der Waals surface area contributed by atoms with Crippen molar-refractivity contribution in [3.63, 3.8) is 0 Å². The lowest BCUT2D eigenvalue weighted by Gasteiger charge is -2.31. The Labute approximate surface area is 474 Å².